The second-order valence-electron chi connectivity index (χ2n) is 4.37. The molecule has 0 saturated heterocycles. The van der Waals surface area contributed by atoms with Crippen molar-refractivity contribution in [3.63, 3.8) is 0 Å². The third-order valence-corrected chi connectivity index (χ3v) is 3.15. The lowest BCUT2D eigenvalue weighted by Gasteiger charge is -2.02. The molecular formula is C14H14BrN3O2. The van der Waals surface area contributed by atoms with Crippen LogP contribution in [0, 0.1) is 0 Å². The number of hydrogen-bond donors (Lipinski definition) is 1. The molecule has 0 aliphatic rings. The highest BCUT2D eigenvalue weighted by atomic mass is 79.9. The van der Waals surface area contributed by atoms with Gasteiger partial charge in [-0.15, -0.1) is 0 Å². The van der Waals surface area contributed by atoms with Crippen LogP contribution >= 0.6 is 0 Å². The van der Waals surface area contributed by atoms with Crippen molar-refractivity contribution < 1.29 is 26.3 Å². The predicted octanol–water partition coefficient (Wildman–Crippen LogP) is -1.87. The summed E-state index contributed by atoms with van der Waals surface area (Å²) in [6, 6.07) is 7.57. The Morgan fingerprint density at radius 1 is 1.25 bits per heavy atom. The second kappa shape index (κ2) is 5.50. The van der Waals surface area contributed by atoms with E-state index in [1.54, 1.807) is 11.7 Å². The van der Waals surface area contributed by atoms with Gasteiger partial charge in [-0.2, -0.15) is 4.40 Å². The maximum Gasteiger partial charge on any atom is 0.352 e. The normalized spacial score (nSPS) is 10.3. The number of aryl methyl sites for hydroxylation is 1. The highest BCUT2D eigenvalue weighted by Gasteiger charge is 2.13. The molecule has 2 heterocycles. The first-order valence-electron chi connectivity index (χ1n) is 5.93. The van der Waals surface area contributed by atoms with Crippen LogP contribution < -0.4 is 31.8 Å². The minimum Gasteiger partial charge on any atom is -1.00 e. The first-order valence-corrected chi connectivity index (χ1v) is 5.93. The lowest BCUT2D eigenvalue weighted by Crippen LogP contribution is -3.00. The quantitative estimate of drug-likeness (QED) is 0.558. The zero-order valence-electron chi connectivity index (χ0n) is 11.1. The molecule has 0 bridgehead atoms. The molecule has 0 amide bonds. The molecule has 0 atom stereocenters. The third kappa shape index (κ3) is 2.34. The van der Waals surface area contributed by atoms with E-state index in [4.69, 9.17) is 4.74 Å². The molecular weight excluding hydrogens is 322 g/mol. The number of hydrogen-bond acceptors (Lipinski definition) is 2. The Labute approximate surface area is 126 Å². The zero-order valence-corrected chi connectivity index (χ0v) is 12.7. The van der Waals surface area contributed by atoms with Crippen LogP contribution in [0.2, 0.25) is 0 Å². The second-order valence-corrected chi connectivity index (χ2v) is 4.37. The summed E-state index contributed by atoms with van der Waals surface area (Å²) >= 11 is 0. The van der Waals surface area contributed by atoms with E-state index in [-0.39, 0.29) is 22.5 Å². The van der Waals surface area contributed by atoms with E-state index in [2.05, 4.69) is 4.98 Å². The highest BCUT2D eigenvalue weighted by molar-refractivity contribution is 5.60. The van der Waals surface area contributed by atoms with Gasteiger partial charge in [0.2, 0.25) is 0 Å². The topological polar surface area (TPSA) is 50.4 Å². The summed E-state index contributed by atoms with van der Waals surface area (Å²) in [4.78, 5) is 14.9. The maximum absolute atomic E-state index is 12.1. The number of fused-ring (bicyclic) bond motifs is 1. The molecule has 20 heavy (non-hydrogen) atoms. The Morgan fingerprint density at radius 2 is 1.95 bits per heavy atom. The fraction of sp³-hybridized carbons (Fsp3) is 0.143. The Balaban J connectivity index is 0.00000147. The van der Waals surface area contributed by atoms with Gasteiger partial charge < -0.3 is 26.7 Å². The summed E-state index contributed by atoms with van der Waals surface area (Å²) < 4.78 is 8.73. The fourth-order valence-corrected chi connectivity index (χ4v) is 2.14. The van der Waals surface area contributed by atoms with Crippen LogP contribution in [-0.2, 0) is 7.05 Å². The van der Waals surface area contributed by atoms with Crippen molar-refractivity contribution in [1.82, 2.24) is 9.38 Å². The molecule has 0 aliphatic heterocycles. The SMILES string of the molecule is COc1ccc(-c2cn3cc[n+](C)c3c(=O)[nH]2)cc1.[Br-]. The minimum atomic E-state index is -0.110. The van der Waals surface area contributed by atoms with Gasteiger partial charge in [0.15, 0.2) is 0 Å². The summed E-state index contributed by atoms with van der Waals surface area (Å²) in [6.45, 7) is 0. The van der Waals surface area contributed by atoms with Gasteiger partial charge in [0.05, 0.1) is 19.9 Å². The maximum atomic E-state index is 12.1. The number of rotatable bonds is 2. The molecule has 1 aromatic carbocycles. The molecule has 2 aromatic heterocycles. The largest absolute Gasteiger partial charge is 1.00 e. The molecule has 6 heteroatoms. The van der Waals surface area contributed by atoms with Crippen molar-refractivity contribution in [3.8, 4) is 17.0 Å². The van der Waals surface area contributed by atoms with Crippen LogP contribution in [0.5, 0.6) is 5.75 Å². The van der Waals surface area contributed by atoms with Crippen molar-refractivity contribution in [1.29, 1.82) is 0 Å². The van der Waals surface area contributed by atoms with Gasteiger partial charge in [-0.3, -0.25) is 4.79 Å². The number of halogens is 1. The van der Waals surface area contributed by atoms with Crippen molar-refractivity contribution in [2.45, 2.75) is 0 Å². The molecule has 1 N–H and O–H groups in total. The molecule has 3 aromatic rings. The van der Waals surface area contributed by atoms with Gasteiger partial charge in [0.25, 0.3) is 0 Å². The first kappa shape index (κ1) is 14.3. The number of ether oxygens (including phenoxy) is 1. The molecule has 0 spiro atoms. The van der Waals surface area contributed by atoms with E-state index in [1.807, 2.05) is 54.3 Å². The van der Waals surface area contributed by atoms with Crippen LogP contribution in [0.4, 0.5) is 0 Å². The number of H-pyrrole nitrogens is 1. The molecule has 0 aliphatic carbocycles. The Morgan fingerprint density at radius 3 is 2.60 bits per heavy atom. The number of nitrogens with zero attached hydrogens (tertiary/aromatic N) is 2. The monoisotopic (exact) mass is 335 g/mol. The Hall–Kier alpha value is -2.08. The molecule has 0 radical (unpaired) electrons. The average molecular weight is 336 g/mol. The van der Waals surface area contributed by atoms with Crippen molar-refractivity contribution >= 4 is 5.65 Å². The molecule has 104 valence electrons. The molecule has 5 nitrogen and oxygen atoms in total. The number of methoxy groups -OCH3 is 1. The van der Waals surface area contributed by atoms with Crippen LogP contribution in [0.3, 0.4) is 0 Å². The lowest BCUT2D eigenvalue weighted by molar-refractivity contribution is -0.645. The number of nitrogens with one attached hydrogen (secondary N) is 1. The van der Waals surface area contributed by atoms with E-state index in [0.29, 0.717) is 5.65 Å². The van der Waals surface area contributed by atoms with Gasteiger partial charge in [-0.25, -0.2) is 4.57 Å². The van der Waals surface area contributed by atoms with Gasteiger partial charge in [0.1, 0.15) is 24.3 Å². The third-order valence-electron chi connectivity index (χ3n) is 3.15. The highest BCUT2D eigenvalue weighted by Crippen LogP contribution is 2.19. The van der Waals surface area contributed by atoms with Crippen molar-refractivity contribution in [2.75, 3.05) is 7.11 Å². The summed E-state index contributed by atoms with van der Waals surface area (Å²) in [6.07, 6.45) is 5.61. The predicted molar refractivity (Wildman–Crippen MR) is 71.2 cm³/mol. The summed E-state index contributed by atoms with van der Waals surface area (Å²) in [7, 11) is 3.47. The molecule has 0 fully saturated rings. The Bertz CT molecular complexity index is 790. The van der Waals surface area contributed by atoms with Gasteiger partial charge >= 0.3 is 11.2 Å². The van der Waals surface area contributed by atoms with E-state index in [9.17, 15) is 4.79 Å². The first-order chi connectivity index (χ1) is 9.19. The van der Waals surface area contributed by atoms with E-state index >= 15 is 0 Å². The van der Waals surface area contributed by atoms with Crippen LogP contribution in [0.1, 0.15) is 0 Å². The fourth-order valence-electron chi connectivity index (χ4n) is 2.14. The summed E-state index contributed by atoms with van der Waals surface area (Å²) in [5.41, 5.74) is 2.21. The lowest BCUT2D eigenvalue weighted by atomic mass is 10.1. The molecule has 0 unspecified atom stereocenters. The minimum absolute atomic E-state index is 0. The average Bonchev–Trinajstić information content (AvgIpc) is 2.81. The van der Waals surface area contributed by atoms with Crippen LogP contribution in [0.25, 0.3) is 16.9 Å². The van der Waals surface area contributed by atoms with Crippen LogP contribution in [-0.4, -0.2) is 16.5 Å². The van der Waals surface area contributed by atoms with E-state index in [1.165, 1.54) is 0 Å². The standard InChI is InChI=1S/C14H13N3O2.BrH/c1-16-7-8-17-9-12(15-13(18)14(16)17)10-3-5-11(19-2)6-4-10;/h3-9H,1-2H3;1H. The van der Waals surface area contributed by atoms with E-state index in [0.717, 1.165) is 17.0 Å². The van der Waals surface area contributed by atoms with Gasteiger partial charge in [-0.1, -0.05) is 0 Å². The van der Waals surface area contributed by atoms with E-state index < -0.39 is 0 Å². The summed E-state index contributed by atoms with van der Waals surface area (Å²) in [5.74, 6) is 0.791. The van der Waals surface area contributed by atoms with Gasteiger partial charge in [0, 0.05) is 5.56 Å². The molecule has 3 rings (SSSR count). The van der Waals surface area contributed by atoms with Crippen molar-refractivity contribution in [2.24, 2.45) is 7.05 Å². The summed E-state index contributed by atoms with van der Waals surface area (Å²) in [5, 5.41) is 0. The smallest absolute Gasteiger partial charge is 0.352 e. The van der Waals surface area contributed by atoms with Crippen LogP contribution in [0.15, 0.2) is 47.7 Å². The zero-order chi connectivity index (χ0) is 13.4. The van der Waals surface area contributed by atoms with Crippen molar-refractivity contribution in [3.05, 3.63) is 53.2 Å². The number of aromatic nitrogens is 3. The van der Waals surface area contributed by atoms with Gasteiger partial charge in [-0.05, 0) is 24.3 Å². The number of aromatic amines is 1. The molecule has 0 saturated carbocycles. The number of benzene rings is 1. The number of imidazole rings is 1. The Kier molecular flexibility index (Phi) is 3.94.